The fourth-order valence-electron chi connectivity index (χ4n) is 3.25. The molecule has 2 aromatic rings. The number of carbonyl (C=O) groups is 2. The van der Waals surface area contributed by atoms with E-state index in [-0.39, 0.29) is 17.6 Å². The Bertz CT molecular complexity index is 853. The van der Waals surface area contributed by atoms with E-state index in [1.54, 1.807) is 36.3 Å². The van der Waals surface area contributed by atoms with Gasteiger partial charge in [-0.15, -0.1) is 0 Å². The number of rotatable bonds is 5. The Morgan fingerprint density at radius 3 is 2.38 bits per heavy atom. The minimum absolute atomic E-state index is 0.146. The van der Waals surface area contributed by atoms with E-state index in [2.05, 4.69) is 16.0 Å². The molecule has 0 radical (unpaired) electrons. The zero-order valence-electron chi connectivity index (χ0n) is 16.3. The number of ether oxygens (including phenoxy) is 1. The molecule has 0 aliphatic carbocycles. The summed E-state index contributed by atoms with van der Waals surface area (Å²) >= 11 is 0. The van der Waals surface area contributed by atoms with Crippen LogP contribution in [0.3, 0.4) is 0 Å². The molecule has 3 rings (SSSR count). The van der Waals surface area contributed by atoms with Crippen LogP contribution >= 0.6 is 0 Å². The average molecular weight is 400 g/mol. The number of nitrogens with zero attached hydrogens (tertiary/aromatic N) is 1. The maximum atomic E-state index is 13.6. The number of methoxy groups -OCH3 is 1. The Balaban J connectivity index is 1.41. The van der Waals surface area contributed by atoms with Crippen LogP contribution in [0.15, 0.2) is 48.5 Å². The first-order valence-electron chi connectivity index (χ1n) is 9.55. The molecule has 1 aliphatic rings. The van der Waals surface area contributed by atoms with Gasteiger partial charge in [-0.2, -0.15) is 0 Å². The molecule has 29 heavy (non-hydrogen) atoms. The summed E-state index contributed by atoms with van der Waals surface area (Å²) in [6.07, 6.45) is 1.55. The van der Waals surface area contributed by atoms with Gasteiger partial charge in [0.2, 0.25) is 0 Å². The molecular formula is C21H25FN4O3. The summed E-state index contributed by atoms with van der Waals surface area (Å²) in [5, 5.41) is 8.15. The largest absolute Gasteiger partial charge is 0.495 e. The summed E-state index contributed by atoms with van der Waals surface area (Å²) in [7, 11) is 1.56. The van der Waals surface area contributed by atoms with Crippen LogP contribution in [-0.2, 0) is 0 Å². The monoisotopic (exact) mass is 400 g/mol. The number of halogens is 1. The van der Waals surface area contributed by atoms with E-state index in [0.29, 0.717) is 31.1 Å². The van der Waals surface area contributed by atoms with Crippen molar-refractivity contribution < 1.29 is 18.7 Å². The van der Waals surface area contributed by atoms with Gasteiger partial charge in [0.15, 0.2) is 0 Å². The molecule has 1 aliphatic heterocycles. The van der Waals surface area contributed by atoms with Crippen LogP contribution in [0.2, 0.25) is 0 Å². The predicted octanol–water partition coefficient (Wildman–Crippen LogP) is 3.90. The fourth-order valence-corrected chi connectivity index (χ4v) is 3.25. The summed E-state index contributed by atoms with van der Waals surface area (Å²) < 4.78 is 18.8. The standard InChI is InChI=1S/C21H25FN4O3/c1-29-19-9-5-4-8-18(19)25-21(28)26-12-10-15(11-13-26)14-23-20(27)24-17-7-3-2-6-16(17)22/h2-9,15H,10-14H2,1H3,(H,25,28)(H2,23,24,27). The number of likely N-dealkylation sites (tertiary alicyclic amines) is 1. The number of anilines is 2. The minimum Gasteiger partial charge on any atom is -0.495 e. The first-order chi connectivity index (χ1) is 14.1. The Morgan fingerprint density at radius 2 is 1.69 bits per heavy atom. The quantitative estimate of drug-likeness (QED) is 0.712. The van der Waals surface area contributed by atoms with Gasteiger partial charge in [-0.05, 0) is 43.0 Å². The second kappa shape index (κ2) is 9.77. The van der Waals surface area contributed by atoms with Gasteiger partial charge in [0.1, 0.15) is 11.6 Å². The summed E-state index contributed by atoms with van der Waals surface area (Å²) in [5.41, 5.74) is 0.779. The highest BCUT2D eigenvalue weighted by atomic mass is 19.1. The number of urea groups is 2. The van der Waals surface area contributed by atoms with Crippen molar-refractivity contribution in [3.63, 3.8) is 0 Å². The van der Waals surface area contributed by atoms with E-state index >= 15 is 0 Å². The second-order valence-corrected chi connectivity index (χ2v) is 6.88. The van der Waals surface area contributed by atoms with Crippen molar-refractivity contribution in [2.24, 2.45) is 5.92 Å². The first-order valence-corrected chi connectivity index (χ1v) is 9.55. The fraction of sp³-hybridized carbons (Fsp3) is 0.333. The van der Waals surface area contributed by atoms with E-state index in [1.807, 2.05) is 12.1 Å². The molecule has 0 aromatic heterocycles. The average Bonchev–Trinajstić information content (AvgIpc) is 2.74. The molecule has 2 aromatic carbocycles. The molecule has 0 unspecified atom stereocenters. The van der Waals surface area contributed by atoms with E-state index in [0.717, 1.165) is 12.8 Å². The third kappa shape index (κ3) is 5.60. The number of amides is 4. The first kappa shape index (κ1) is 20.4. The Hall–Kier alpha value is -3.29. The Morgan fingerprint density at radius 1 is 1.03 bits per heavy atom. The zero-order valence-corrected chi connectivity index (χ0v) is 16.3. The molecule has 154 valence electrons. The molecule has 0 atom stereocenters. The van der Waals surface area contributed by atoms with Crippen LogP contribution < -0.4 is 20.7 Å². The summed E-state index contributed by atoms with van der Waals surface area (Å²) in [4.78, 5) is 26.2. The number of nitrogens with one attached hydrogen (secondary N) is 3. The van der Waals surface area contributed by atoms with Crippen LogP contribution in [0.25, 0.3) is 0 Å². The molecule has 4 amide bonds. The van der Waals surface area contributed by atoms with E-state index < -0.39 is 11.8 Å². The molecule has 1 heterocycles. The number of piperidine rings is 1. The molecule has 7 nitrogen and oxygen atoms in total. The maximum Gasteiger partial charge on any atom is 0.321 e. The lowest BCUT2D eigenvalue weighted by molar-refractivity contribution is 0.181. The van der Waals surface area contributed by atoms with Gasteiger partial charge < -0.3 is 25.6 Å². The topological polar surface area (TPSA) is 82.7 Å². The Labute approximate surface area is 169 Å². The molecular weight excluding hydrogens is 375 g/mol. The van der Waals surface area contributed by atoms with Crippen LogP contribution in [-0.4, -0.2) is 43.7 Å². The lowest BCUT2D eigenvalue weighted by Crippen LogP contribution is -2.43. The van der Waals surface area contributed by atoms with Gasteiger partial charge in [-0.25, -0.2) is 14.0 Å². The summed E-state index contributed by atoms with van der Waals surface area (Å²) in [6, 6.07) is 12.7. The minimum atomic E-state index is -0.475. The zero-order chi connectivity index (χ0) is 20.6. The van der Waals surface area contributed by atoms with Crippen LogP contribution in [0, 0.1) is 11.7 Å². The SMILES string of the molecule is COc1ccccc1NC(=O)N1CCC(CNC(=O)Nc2ccccc2F)CC1. The highest BCUT2D eigenvalue weighted by molar-refractivity contribution is 5.91. The highest BCUT2D eigenvalue weighted by Gasteiger charge is 2.23. The molecule has 0 bridgehead atoms. The molecule has 0 spiro atoms. The summed E-state index contributed by atoms with van der Waals surface area (Å²) in [5.74, 6) is 0.398. The van der Waals surface area contributed by atoms with Crippen molar-refractivity contribution >= 4 is 23.4 Å². The third-order valence-corrected chi connectivity index (χ3v) is 4.92. The number of benzene rings is 2. The predicted molar refractivity (Wildman–Crippen MR) is 110 cm³/mol. The van der Waals surface area contributed by atoms with Gasteiger partial charge in [0, 0.05) is 19.6 Å². The van der Waals surface area contributed by atoms with E-state index in [1.165, 1.54) is 12.1 Å². The van der Waals surface area contributed by atoms with Crippen molar-refractivity contribution in [2.75, 3.05) is 37.4 Å². The molecule has 3 N–H and O–H groups in total. The van der Waals surface area contributed by atoms with Crippen molar-refractivity contribution in [3.8, 4) is 5.75 Å². The van der Waals surface area contributed by atoms with Gasteiger partial charge in [-0.3, -0.25) is 0 Å². The smallest absolute Gasteiger partial charge is 0.321 e. The van der Waals surface area contributed by atoms with Gasteiger partial charge in [0.05, 0.1) is 18.5 Å². The van der Waals surface area contributed by atoms with Crippen molar-refractivity contribution in [2.45, 2.75) is 12.8 Å². The Kier molecular flexibility index (Phi) is 6.89. The lowest BCUT2D eigenvalue weighted by Gasteiger charge is -2.32. The van der Waals surface area contributed by atoms with Crippen LogP contribution in [0.1, 0.15) is 12.8 Å². The normalized spacial score (nSPS) is 14.2. The van der Waals surface area contributed by atoms with Crippen LogP contribution in [0.4, 0.5) is 25.4 Å². The number of para-hydroxylation sites is 3. The summed E-state index contributed by atoms with van der Waals surface area (Å²) in [6.45, 7) is 1.67. The maximum absolute atomic E-state index is 13.6. The van der Waals surface area contributed by atoms with E-state index in [9.17, 15) is 14.0 Å². The number of hydrogen-bond donors (Lipinski definition) is 3. The second-order valence-electron chi connectivity index (χ2n) is 6.88. The third-order valence-electron chi connectivity index (χ3n) is 4.92. The van der Waals surface area contributed by atoms with Gasteiger partial charge in [-0.1, -0.05) is 24.3 Å². The van der Waals surface area contributed by atoms with Gasteiger partial charge >= 0.3 is 12.1 Å². The number of carbonyl (C=O) groups excluding carboxylic acids is 2. The van der Waals surface area contributed by atoms with Crippen molar-refractivity contribution in [1.29, 1.82) is 0 Å². The molecule has 1 fully saturated rings. The van der Waals surface area contributed by atoms with Crippen LogP contribution in [0.5, 0.6) is 5.75 Å². The molecule has 0 saturated carbocycles. The number of hydrogen-bond acceptors (Lipinski definition) is 3. The van der Waals surface area contributed by atoms with E-state index in [4.69, 9.17) is 4.74 Å². The van der Waals surface area contributed by atoms with Gasteiger partial charge in [0.25, 0.3) is 0 Å². The molecule has 1 saturated heterocycles. The van der Waals surface area contributed by atoms with Crippen molar-refractivity contribution in [1.82, 2.24) is 10.2 Å². The van der Waals surface area contributed by atoms with Crippen molar-refractivity contribution in [3.05, 3.63) is 54.3 Å². The molecule has 8 heteroatoms. The lowest BCUT2D eigenvalue weighted by atomic mass is 9.97. The highest BCUT2D eigenvalue weighted by Crippen LogP contribution is 2.24.